The van der Waals surface area contributed by atoms with Gasteiger partial charge < -0.3 is 9.80 Å². The molecule has 0 radical (unpaired) electrons. The minimum absolute atomic E-state index is 0.551. The zero-order valence-electron chi connectivity index (χ0n) is 12.8. The van der Waals surface area contributed by atoms with Crippen LogP contribution in [0.2, 0.25) is 0 Å². The Morgan fingerprint density at radius 1 is 1.21 bits per heavy atom. The lowest BCUT2D eigenvalue weighted by atomic mass is 9.82. The highest BCUT2D eigenvalue weighted by Gasteiger charge is 2.32. The van der Waals surface area contributed by atoms with Gasteiger partial charge in [-0.15, -0.1) is 0 Å². The predicted octanol–water partition coefficient (Wildman–Crippen LogP) is 3.61. The third kappa shape index (κ3) is 4.71. The first-order valence-corrected chi connectivity index (χ1v) is 9.19. The number of halogens is 1. The van der Waals surface area contributed by atoms with Gasteiger partial charge in [0.25, 0.3) is 0 Å². The molecule has 0 aromatic rings. The van der Waals surface area contributed by atoms with Crippen LogP contribution in [-0.2, 0) is 0 Å². The number of likely N-dealkylation sites (tertiary alicyclic amines) is 1. The summed E-state index contributed by atoms with van der Waals surface area (Å²) >= 11 is 3.82. The van der Waals surface area contributed by atoms with E-state index < -0.39 is 0 Å². The maximum absolute atomic E-state index is 3.82. The molecule has 2 rings (SSSR count). The van der Waals surface area contributed by atoms with E-state index in [2.05, 4.69) is 39.8 Å². The van der Waals surface area contributed by atoms with Crippen LogP contribution in [0, 0.1) is 11.3 Å². The quantitative estimate of drug-likeness (QED) is 0.561. The second-order valence-electron chi connectivity index (χ2n) is 7.16. The molecule has 1 aliphatic carbocycles. The van der Waals surface area contributed by atoms with Crippen molar-refractivity contribution in [3.8, 4) is 0 Å². The fraction of sp³-hybridized carbons (Fsp3) is 1.00. The third-order valence-corrected chi connectivity index (χ3v) is 6.30. The van der Waals surface area contributed by atoms with Gasteiger partial charge in [-0.25, -0.2) is 0 Å². The molecule has 2 fully saturated rings. The van der Waals surface area contributed by atoms with Crippen molar-refractivity contribution in [3.63, 3.8) is 0 Å². The monoisotopic (exact) mass is 330 g/mol. The lowest BCUT2D eigenvalue weighted by Crippen LogP contribution is -2.39. The highest BCUT2D eigenvalue weighted by molar-refractivity contribution is 9.09. The Balaban J connectivity index is 1.82. The van der Waals surface area contributed by atoms with Gasteiger partial charge in [0.05, 0.1) is 0 Å². The van der Waals surface area contributed by atoms with Gasteiger partial charge in [-0.2, -0.15) is 0 Å². The van der Waals surface area contributed by atoms with Crippen molar-refractivity contribution >= 4 is 15.9 Å². The summed E-state index contributed by atoms with van der Waals surface area (Å²) in [6.45, 7) is 5.17. The van der Waals surface area contributed by atoms with Crippen LogP contribution in [0.15, 0.2) is 0 Å². The highest BCUT2D eigenvalue weighted by Crippen LogP contribution is 2.37. The fourth-order valence-corrected chi connectivity index (χ4v) is 4.80. The maximum Gasteiger partial charge on any atom is 0.0100 e. The largest absolute Gasteiger partial charge is 0.306 e. The van der Waals surface area contributed by atoms with Crippen LogP contribution in [0.4, 0.5) is 0 Å². The summed E-state index contributed by atoms with van der Waals surface area (Å²) < 4.78 is 0. The van der Waals surface area contributed by atoms with Gasteiger partial charge in [-0.05, 0) is 51.2 Å². The third-order valence-electron chi connectivity index (χ3n) is 5.11. The molecule has 0 N–H and O–H groups in total. The summed E-state index contributed by atoms with van der Waals surface area (Å²) in [7, 11) is 4.60. The molecule has 0 aromatic heterocycles. The van der Waals surface area contributed by atoms with E-state index in [9.17, 15) is 0 Å². The average Bonchev–Trinajstić information content (AvgIpc) is 2.65. The van der Waals surface area contributed by atoms with Crippen LogP contribution < -0.4 is 0 Å². The summed E-state index contributed by atoms with van der Waals surface area (Å²) in [6.07, 6.45) is 10.0. The van der Waals surface area contributed by atoms with E-state index in [4.69, 9.17) is 0 Å². The van der Waals surface area contributed by atoms with Gasteiger partial charge in [0.2, 0.25) is 0 Å². The maximum atomic E-state index is 3.82. The summed E-state index contributed by atoms with van der Waals surface area (Å²) in [5.41, 5.74) is 0.551. The Hall–Kier alpha value is 0.400. The van der Waals surface area contributed by atoms with E-state index >= 15 is 0 Å². The Morgan fingerprint density at radius 3 is 2.42 bits per heavy atom. The minimum atomic E-state index is 0.551. The molecule has 2 nitrogen and oxygen atoms in total. The highest BCUT2D eigenvalue weighted by atomic mass is 79.9. The zero-order chi connectivity index (χ0) is 13.7. The number of nitrogens with zero attached hydrogens (tertiary/aromatic N) is 2. The van der Waals surface area contributed by atoms with Gasteiger partial charge in [-0.3, -0.25) is 0 Å². The van der Waals surface area contributed by atoms with E-state index in [0.29, 0.717) is 5.41 Å². The predicted molar refractivity (Wildman–Crippen MR) is 87.0 cm³/mol. The lowest BCUT2D eigenvalue weighted by Gasteiger charge is -2.36. The topological polar surface area (TPSA) is 6.48 Å². The Kier molecular flexibility index (Phi) is 6.16. The van der Waals surface area contributed by atoms with E-state index in [1.807, 2.05) is 0 Å². The van der Waals surface area contributed by atoms with Crippen molar-refractivity contribution in [2.24, 2.45) is 11.3 Å². The molecule has 1 heterocycles. The van der Waals surface area contributed by atoms with Crippen molar-refractivity contribution < 1.29 is 0 Å². The molecule has 112 valence electrons. The van der Waals surface area contributed by atoms with Crippen LogP contribution in [-0.4, -0.2) is 55.4 Å². The molecule has 1 atom stereocenters. The molecule has 3 heteroatoms. The molecule has 2 aliphatic rings. The molecule has 19 heavy (non-hydrogen) atoms. The van der Waals surface area contributed by atoms with E-state index in [-0.39, 0.29) is 0 Å². The standard InChI is InChI=1S/C16H31BrN2/c1-18-10-7-15(11-18)12-19(2)14-16(13-17)8-5-3-4-6-9-16/h15H,3-14H2,1-2H3. The Bertz CT molecular complexity index is 261. The van der Waals surface area contributed by atoms with Crippen LogP contribution in [0.5, 0.6) is 0 Å². The second kappa shape index (κ2) is 7.42. The molecular formula is C16H31BrN2. The van der Waals surface area contributed by atoms with Crippen molar-refractivity contribution in [2.75, 3.05) is 45.6 Å². The van der Waals surface area contributed by atoms with E-state index in [1.165, 1.54) is 76.5 Å². The van der Waals surface area contributed by atoms with Crippen LogP contribution in [0.3, 0.4) is 0 Å². The van der Waals surface area contributed by atoms with Gasteiger partial charge in [-0.1, -0.05) is 41.6 Å². The minimum Gasteiger partial charge on any atom is -0.306 e. The van der Waals surface area contributed by atoms with Gasteiger partial charge >= 0.3 is 0 Å². The summed E-state index contributed by atoms with van der Waals surface area (Å²) in [4.78, 5) is 5.10. The molecule has 0 bridgehead atoms. The van der Waals surface area contributed by atoms with Crippen LogP contribution in [0.1, 0.15) is 44.9 Å². The molecule has 1 saturated carbocycles. The molecule has 1 unspecified atom stereocenters. The fourth-order valence-electron chi connectivity index (χ4n) is 4.07. The summed E-state index contributed by atoms with van der Waals surface area (Å²) in [5.74, 6) is 0.896. The van der Waals surface area contributed by atoms with Gasteiger partial charge in [0.15, 0.2) is 0 Å². The SMILES string of the molecule is CN1CCC(CN(C)CC2(CBr)CCCCCC2)C1. The zero-order valence-corrected chi connectivity index (χ0v) is 14.4. The van der Waals surface area contributed by atoms with Crippen molar-refractivity contribution in [2.45, 2.75) is 44.9 Å². The smallest absolute Gasteiger partial charge is 0.0100 e. The lowest BCUT2D eigenvalue weighted by molar-refractivity contribution is 0.159. The van der Waals surface area contributed by atoms with Crippen LogP contribution in [0.25, 0.3) is 0 Å². The first-order valence-electron chi connectivity index (χ1n) is 8.07. The van der Waals surface area contributed by atoms with E-state index in [1.54, 1.807) is 0 Å². The Labute approximate surface area is 128 Å². The molecule has 0 spiro atoms. The summed E-state index contributed by atoms with van der Waals surface area (Å²) in [6, 6.07) is 0. The molecule has 1 saturated heterocycles. The first kappa shape index (κ1) is 15.8. The Morgan fingerprint density at radius 2 is 1.89 bits per heavy atom. The second-order valence-corrected chi connectivity index (χ2v) is 7.72. The van der Waals surface area contributed by atoms with Crippen LogP contribution >= 0.6 is 15.9 Å². The normalized spacial score (nSPS) is 28.7. The molecule has 0 aromatic carbocycles. The molecular weight excluding hydrogens is 300 g/mol. The number of alkyl halides is 1. The first-order chi connectivity index (χ1) is 9.13. The van der Waals surface area contributed by atoms with Crippen molar-refractivity contribution in [1.82, 2.24) is 9.80 Å². The average molecular weight is 331 g/mol. The van der Waals surface area contributed by atoms with E-state index in [0.717, 1.165) is 5.92 Å². The summed E-state index contributed by atoms with van der Waals surface area (Å²) in [5, 5.41) is 1.19. The number of rotatable bonds is 5. The van der Waals surface area contributed by atoms with Crippen molar-refractivity contribution in [1.29, 1.82) is 0 Å². The molecule has 1 aliphatic heterocycles. The van der Waals surface area contributed by atoms with Crippen molar-refractivity contribution in [3.05, 3.63) is 0 Å². The van der Waals surface area contributed by atoms with Gasteiger partial charge in [0, 0.05) is 25.0 Å². The molecule has 0 amide bonds. The number of hydrogen-bond acceptors (Lipinski definition) is 2. The van der Waals surface area contributed by atoms with Gasteiger partial charge in [0.1, 0.15) is 0 Å². The number of hydrogen-bond donors (Lipinski definition) is 0.